The molecule has 0 spiro atoms. The molecule has 3 unspecified atom stereocenters. The Kier molecular flexibility index (Phi) is 4.69. The fourth-order valence-corrected chi connectivity index (χ4v) is 4.00. The maximum Gasteiger partial charge on any atom is 0.272 e. The van der Waals surface area contributed by atoms with Crippen molar-refractivity contribution in [3.8, 4) is 0 Å². The quantitative estimate of drug-likeness (QED) is 0.839. The molecule has 4 fully saturated rings. The first-order valence-electron chi connectivity index (χ1n) is 9.25. The minimum Gasteiger partial charge on any atom is -0.387 e. The van der Waals surface area contributed by atoms with Gasteiger partial charge in [0.25, 0.3) is 6.48 Å². The minimum atomic E-state index is -0.817. The van der Waals surface area contributed by atoms with Crippen LogP contribution in [-0.2, 0) is 36.9 Å². The number of ether oxygens (including phenoxy) is 5. The second-order valence-corrected chi connectivity index (χ2v) is 7.10. The highest BCUT2D eigenvalue weighted by atomic mass is 16.9. The van der Waals surface area contributed by atoms with Crippen molar-refractivity contribution < 1.29 is 28.8 Å². The second-order valence-electron chi connectivity index (χ2n) is 7.10. The number of benzene rings is 2. The largest absolute Gasteiger partial charge is 0.387 e. The van der Waals surface area contributed by atoms with Crippen LogP contribution in [0.25, 0.3) is 0 Å². The number of rotatable bonds is 6. The third-order valence-corrected chi connectivity index (χ3v) is 5.34. The third kappa shape index (κ3) is 3.29. The Morgan fingerprint density at radius 1 is 0.667 bits per heavy atom. The van der Waals surface area contributed by atoms with E-state index in [1.165, 1.54) is 0 Å². The highest BCUT2D eigenvalue weighted by Crippen LogP contribution is 2.42. The van der Waals surface area contributed by atoms with Crippen LogP contribution in [0.2, 0.25) is 0 Å². The molecule has 0 aromatic heterocycles. The first-order chi connectivity index (χ1) is 13.3. The van der Waals surface area contributed by atoms with Gasteiger partial charge in [0.1, 0.15) is 36.6 Å². The molecule has 4 aliphatic rings. The summed E-state index contributed by atoms with van der Waals surface area (Å²) >= 11 is 0. The Balaban J connectivity index is 1.31. The minimum absolute atomic E-state index is 0.344. The predicted octanol–water partition coefficient (Wildman–Crippen LogP) is 2.00. The van der Waals surface area contributed by atoms with Gasteiger partial charge in [0.2, 0.25) is 0 Å². The number of hydrogen-bond donors (Lipinski definition) is 1. The van der Waals surface area contributed by atoms with Crippen molar-refractivity contribution in [3.63, 3.8) is 0 Å². The fourth-order valence-electron chi connectivity index (χ4n) is 4.00. The van der Waals surface area contributed by atoms with E-state index in [4.69, 9.17) is 23.7 Å². The van der Waals surface area contributed by atoms with Crippen molar-refractivity contribution in [2.24, 2.45) is 0 Å². The zero-order valence-electron chi connectivity index (χ0n) is 14.7. The van der Waals surface area contributed by atoms with Gasteiger partial charge in [-0.3, -0.25) is 0 Å². The Morgan fingerprint density at radius 3 is 1.59 bits per heavy atom. The number of aliphatic hydroxyl groups excluding tert-OH is 1. The van der Waals surface area contributed by atoms with E-state index < -0.39 is 37.0 Å². The van der Waals surface area contributed by atoms with Gasteiger partial charge in [0.05, 0.1) is 13.2 Å². The summed E-state index contributed by atoms with van der Waals surface area (Å²) in [5.74, 6) is 0. The van der Waals surface area contributed by atoms with Crippen molar-refractivity contribution >= 4 is 0 Å². The molecule has 142 valence electrons. The van der Waals surface area contributed by atoms with Gasteiger partial charge in [0, 0.05) is 0 Å². The van der Waals surface area contributed by atoms with Gasteiger partial charge < -0.3 is 28.8 Å². The van der Waals surface area contributed by atoms with Crippen LogP contribution in [0.1, 0.15) is 11.1 Å². The van der Waals surface area contributed by atoms with Gasteiger partial charge in [-0.1, -0.05) is 60.7 Å². The molecule has 3 heterocycles. The van der Waals surface area contributed by atoms with E-state index in [1.807, 2.05) is 60.7 Å². The zero-order chi connectivity index (χ0) is 18.2. The van der Waals surface area contributed by atoms with Crippen molar-refractivity contribution in [1.29, 1.82) is 0 Å². The molecule has 6 rings (SSSR count). The van der Waals surface area contributed by atoms with E-state index in [0.717, 1.165) is 11.1 Å². The highest BCUT2D eigenvalue weighted by Gasteiger charge is 2.62. The fraction of sp³-hybridized carbons (Fsp3) is 0.429. The van der Waals surface area contributed by atoms with Crippen LogP contribution in [-0.4, -0.2) is 48.2 Å². The average molecular weight is 370 g/mol. The number of aliphatic hydroxyl groups is 1. The summed E-state index contributed by atoms with van der Waals surface area (Å²) in [6.07, 6.45) is -2.96. The molecule has 6 nitrogen and oxygen atoms in total. The van der Waals surface area contributed by atoms with Crippen LogP contribution >= 0.6 is 0 Å². The van der Waals surface area contributed by atoms with Gasteiger partial charge in [-0.25, -0.2) is 0 Å². The smallest absolute Gasteiger partial charge is 0.272 e. The van der Waals surface area contributed by atoms with E-state index in [9.17, 15) is 5.11 Å². The maximum absolute atomic E-state index is 10.7. The predicted molar refractivity (Wildman–Crippen MR) is 94.5 cm³/mol. The van der Waals surface area contributed by atoms with Crippen molar-refractivity contribution in [3.05, 3.63) is 71.8 Å². The Labute approximate surface area is 157 Å². The number of hydrogen-bond acceptors (Lipinski definition) is 6. The normalized spacial score (nSPS) is 36.9. The molecule has 2 aromatic rings. The first kappa shape index (κ1) is 17.3. The summed E-state index contributed by atoms with van der Waals surface area (Å²) in [6, 6.07) is 19.8. The lowest BCUT2D eigenvalue weighted by Crippen LogP contribution is -2.75. The van der Waals surface area contributed by atoms with E-state index in [1.54, 1.807) is 0 Å². The van der Waals surface area contributed by atoms with Gasteiger partial charge in [-0.05, 0) is 11.1 Å². The van der Waals surface area contributed by atoms with E-state index in [-0.39, 0.29) is 6.10 Å². The van der Waals surface area contributed by atoms with Crippen LogP contribution in [0.5, 0.6) is 0 Å². The SMILES string of the molecule is OC1[C@H]2OC3OC([C@H]2OCc2ccccc2)[C@H](OCc2ccccc2)[C@H]1O3. The molecule has 1 aliphatic carbocycles. The summed E-state index contributed by atoms with van der Waals surface area (Å²) in [5.41, 5.74) is 2.11. The highest BCUT2D eigenvalue weighted by molar-refractivity contribution is 5.15. The van der Waals surface area contributed by atoms with Crippen LogP contribution in [0.15, 0.2) is 60.7 Å². The van der Waals surface area contributed by atoms with Gasteiger partial charge >= 0.3 is 0 Å². The Bertz CT molecular complexity index is 692. The van der Waals surface area contributed by atoms with Crippen LogP contribution in [0.4, 0.5) is 0 Å². The van der Waals surface area contributed by atoms with Crippen molar-refractivity contribution in [2.75, 3.05) is 0 Å². The van der Waals surface area contributed by atoms with Gasteiger partial charge in [0.15, 0.2) is 0 Å². The van der Waals surface area contributed by atoms with Gasteiger partial charge in [-0.2, -0.15) is 0 Å². The standard InChI is InChI=1S/C21H22O6/c22-15-16-18(23-11-13-7-3-1-4-8-13)20-19(17(15)26-21(25-16)27-20)24-12-14-9-5-2-6-10-14/h1-10,15-22H,11-12H2/t15?,16-,17+,18+,19-,20?,21?. The lowest BCUT2D eigenvalue weighted by molar-refractivity contribution is -0.487. The lowest BCUT2D eigenvalue weighted by atomic mass is 9.82. The molecule has 2 aromatic carbocycles. The van der Waals surface area contributed by atoms with Crippen LogP contribution < -0.4 is 0 Å². The van der Waals surface area contributed by atoms with E-state index in [2.05, 4.69) is 0 Å². The Morgan fingerprint density at radius 2 is 1.11 bits per heavy atom. The molecule has 27 heavy (non-hydrogen) atoms. The first-order valence-corrected chi connectivity index (χ1v) is 9.25. The molecule has 3 saturated heterocycles. The van der Waals surface area contributed by atoms with E-state index >= 15 is 0 Å². The van der Waals surface area contributed by atoms with Crippen LogP contribution in [0, 0.1) is 0 Å². The zero-order valence-corrected chi connectivity index (χ0v) is 14.7. The molecule has 7 atom stereocenters. The topological polar surface area (TPSA) is 66.4 Å². The summed E-state index contributed by atoms with van der Waals surface area (Å²) in [4.78, 5) is 0. The molecule has 6 heteroatoms. The van der Waals surface area contributed by atoms with Crippen molar-refractivity contribution in [2.45, 2.75) is 56.3 Å². The average Bonchev–Trinajstić information content (AvgIpc) is 2.72. The molecule has 1 N–H and O–H groups in total. The molecule has 0 radical (unpaired) electrons. The maximum atomic E-state index is 10.7. The summed E-state index contributed by atoms with van der Waals surface area (Å²) < 4.78 is 29.4. The van der Waals surface area contributed by atoms with Crippen LogP contribution in [0.3, 0.4) is 0 Å². The summed E-state index contributed by atoms with van der Waals surface area (Å²) in [6.45, 7) is 0.0700. The van der Waals surface area contributed by atoms with Crippen molar-refractivity contribution in [1.82, 2.24) is 0 Å². The second kappa shape index (κ2) is 7.31. The molecule has 4 bridgehead atoms. The Hall–Kier alpha value is -1.80. The summed E-state index contributed by atoms with van der Waals surface area (Å²) in [5, 5.41) is 10.7. The summed E-state index contributed by atoms with van der Waals surface area (Å²) in [7, 11) is 0. The lowest BCUT2D eigenvalue weighted by Gasteiger charge is -2.57. The third-order valence-electron chi connectivity index (χ3n) is 5.34. The molecule has 0 amide bonds. The van der Waals surface area contributed by atoms with Gasteiger partial charge in [-0.15, -0.1) is 0 Å². The molecule has 3 aliphatic heterocycles. The monoisotopic (exact) mass is 370 g/mol. The molecular formula is C21H22O6. The van der Waals surface area contributed by atoms with E-state index in [0.29, 0.717) is 13.2 Å². The molecular weight excluding hydrogens is 348 g/mol. The molecule has 1 saturated carbocycles.